The zero-order valence-corrected chi connectivity index (χ0v) is 16.7. The number of rotatable bonds is 9. The van der Waals surface area contributed by atoms with E-state index in [0.717, 1.165) is 22.2 Å². The lowest BCUT2D eigenvalue weighted by molar-refractivity contribution is 0.0951. The molecular weight excluding hydrogens is 374 g/mol. The largest absolute Gasteiger partial charge is 0.491 e. The van der Waals surface area contributed by atoms with Crippen molar-refractivity contribution in [2.45, 2.75) is 11.7 Å². The van der Waals surface area contributed by atoms with Gasteiger partial charge in [-0.05, 0) is 42.2 Å². The standard InChI is InChI=1S/C21H23N3O3S/c1-26-12-13-27-19-8-6-16(7-9-19)15-23-20(25)17-4-3-5-18(14-17)24-11-10-22-21(24)28-2/h3-11,14H,12-13,15H2,1-2H3,(H,23,25). The van der Waals surface area contributed by atoms with Crippen LogP contribution in [-0.4, -0.2) is 42.0 Å². The molecule has 146 valence electrons. The van der Waals surface area contributed by atoms with Gasteiger partial charge in [-0.3, -0.25) is 9.36 Å². The van der Waals surface area contributed by atoms with Gasteiger partial charge < -0.3 is 14.8 Å². The van der Waals surface area contributed by atoms with Crippen LogP contribution in [0.2, 0.25) is 0 Å². The van der Waals surface area contributed by atoms with E-state index < -0.39 is 0 Å². The van der Waals surface area contributed by atoms with Gasteiger partial charge in [-0.2, -0.15) is 0 Å². The first-order valence-electron chi connectivity index (χ1n) is 8.88. The predicted molar refractivity (Wildman–Crippen MR) is 110 cm³/mol. The molecule has 0 bridgehead atoms. The molecule has 0 aliphatic rings. The first kappa shape index (κ1) is 20.0. The Morgan fingerprint density at radius 2 is 2.00 bits per heavy atom. The molecule has 0 fully saturated rings. The Hall–Kier alpha value is -2.77. The molecule has 7 heteroatoms. The molecule has 0 atom stereocenters. The smallest absolute Gasteiger partial charge is 0.251 e. The van der Waals surface area contributed by atoms with Gasteiger partial charge in [0, 0.05) is 37.3 Å². The number of amides is 1. The Balaban J connectivity index is 1.60. The van der Waals surface area contributed by atoms with Crippen molar-refractivity contribution in [3.63, 3.8) is 0 Å². The molecule has 28 heavy (non-hydrogen) atoms. The number of carbonyl (C=O) groups excluding carboxylic acids is 1. The van der Waals surface area contributed by atoms with Crippen molar-refractivity contribution < 1.29 is 14.3 Å². The molecule has 0 saturated heterocycles. The monoisotopic (exact) mass is 397 g/mol. The lowest BCUT2D eigenvalue weighted by Gasteiger charge is -2.10. The topological polar surface area (TPSA) is 65.4 Å². The maximum Gasteiger partial charge on any atom is 0.251 e. The lowest BCUT2D eigenvalue weighted by Crippen LogP contribution is -2.22. The van der Waals surface area contributed by atoms with E-state index in [1.165, 1.54) is 0 Å². The second kappa shape index (κ2) is 9.96. The summed E-state index contributed by atoms with van der Waals surface area (Å²) in [5.74, 6) is 0.665. The molecule has 1 heterocycles. The molecule has 1 aromatic heterocycles. The summed E-state index contributed by atoms with van der Waals surface area (Å²) in [6.07, 6.45) is 5.61. The van der Waals surface area contributed by atoms with Gasteiger partial charge in [-0.15, -0.1) is 0 Å². The predicted octanol–water partition coefficient (Wildman–Crippen LogP) is 3.55. The zero-order chi connectivity index (χ0) is 19.8. The second-order valence-electron chi connectivity index (χ2n) is 6.00. The normalized spacial score (nSPS) is 10.6. The second-order valence-corrected chi connectivity index (χ2v) is 6.78. The van der Waals surface area contributed by atoms with Crippen LogP contribution in [0.1, 0.15) is 15.9 Å². The number of imidazole rings is 1. The Bertz CT molecular complexity index is 909. The fraction of sp³-hybridized carbons (Fsp3) is 0.238. The lowest BCUT2D eigenvalue weighted by atomic mass is 10.1. The van der Waals surface area contributed by atoms with E-state index in [9.17, 15) is 4.79 Å². The summed E-state index contributed by atoms with van der Waals surface area (Å²) in [5, 5.41) is 3.84. The number of hydrogen-bond donors (Lipinski definition) is 1. The van der Waals surface area contributed by atoms with E-state index in [2.05, 4.69) is 10.3 Å². The molecule has 2 aromatic carbocycles. The number of carbonyl (C=O) groups is 1. The fourth-order valence-electron chi connectivity index (χ4n) is 2.67. The van der Waals surface area contributed by atoms with Crippen LogP contribution in [0.4, 0.5) is 0 Å². The van der Waals surface area contributed by atoms with Crippen molar-refractivity contribution >= 4 is 17.7 Å². The van der Waals surface area contributed by atoms with Gasteiger partial charge in [0.1, 0.15) is 12.4 Å². The maximum atomic E-state index is 12.6. The number of methoxy groups -OCH3 is 1. The van der Waals surface area contributed by atoms with E-state index in [4.69, 9.17) is 9.47 Å². The van der Waals surface area contributed by atoms with Gasteiger partial charge >= 0.3 is 0 Å². The first-order valence-corrected chi connectivity index (χ1v) is 10.1. The van der Waals surface area contributed by atoms with Crippen molar-refractivity contribution in [1.82, 2.24) is 14.9 Å². The summed E-state index contributed by atoms with van der Waals surface area (Å²) >= 11 is 1.56. The van der Waals surface area contributed by atoms with E-state index in [-0.39, 0.29) is 5.91 Å². The van der Waals surface area contributed by atoms with Crippen molar-refractivity contribution in [2.75, 3.05) is 26.6 Å². The average molecular weight is 398 g/mol. The van der Waals surface area contributed by atoms with Crippen molar-refractivity contribution in [3.8, 4) is 11.4 Å². The van der Waals surface area contributed by atoms with E-state index >= 15 is 0 Å². The molecule has 0 spiro atoms. The minimum atomic E-state index is -0.118. The van der Waals surface area contributed by atoms with Crippen LogP contribution in [0.5, 0.6) is 5.75 Å². The maximum absolute atomic E-state index is 12.6. The van der Waals surface area contributed by atoms with Crippen molar-refractivity contribution in [2.24, 2.45) is 0 Å². The van der Waals surface area contributed by atoms with Crippen molar-refractivity contribution in [3.05, 3.63) is 72.1 Å². The molecule has 0 radical (unpaired) electrons. The van der Waals surface area contributed by atoms with Gasteiger partial charge in [0.25, 0.3) is 5.91 Å². The zero-order valence-electron chi connectivity index (χ0n) is 15.9. The summed E-state index contributed by atoms with van der Waals surface area (Å²) < 4.78 is 12.5. The van der Waals surface area contributed by atoms with Crippen LogP contribution in [0.3, 0.4) is 0 Å². The third-order valence-electron chi connectivity index (χ3n) is 4.11. The highest BCUT2D eigenvalue weighted by molar-refractivity contribution is 7.98. The fourth-order valence-corrected chi connectivity index (χ4v) is 3.19. The van der Waals surface area contributed by atoms with Gasteiger partial charge in [0.15, 0.2) is 5.16 Å². The highest BCUT2D eigenvalue weighted by Gasteiger charge is 2.09. The Morgan fingerprint density at radius 1 is 1.18 bits per heavy atom. The number of aromatic nitrogens is 2. The molecule has 3 aromatic rings. The van der Waals surface area contributed by atoms with Crippen LogP contribution in [0.25, 0.3) is 5.69 Å². The highest BCUT2D eigenvalue weighted by atomic mass is 32.2. The van der Waals surface area contributed by atoms with Gasteiger partial charge in [-0.1, -0.05) is 30.0 Å². The number of hydrogen-bond acceptors (Lipinski definition) is 5. The third-order valence-corrected chi connectivity index (χ3v) is 4.78. The minimum absolute atomic E-state index is 0.118. The summed E-state index contributed by atoms with van der Waals surface area (Å²) in [6.45, 7) is 1.51. The number of thioether (sulfide) groups is 1. The molecule has 1 amide bonds. The highest BCUT2D eigenvalue weighted by Crippen LogP contribution is 2.19. The van der Waals surface area contributed by atoms with Gasteiger partial charge in [0.05, 0.1) is 6.61 Å². The molecule has 0 aliphatic heterocycles. The molecule has 0 unspecified atom stereocenters. The van der Waals surface area contributed by atoms with Crippen LogP contribution in [-0.2, 0) is 11.3 Å². The Kier molecular flexibility index (Phi) is 7.11. The van der Waals surface area contributed by atoms with Crippen LogP contribution >= 0.6 is 11.8 Å². The van der Waals surface area contributed by atoms with Crippen molar-refractivity contribution in [1.29, 1.82) is 0 Å². The van der Waals surface area contributed by atoms with Crippen LogP contribution in [0.15, 0.2) is 66.1 Å². The number of benzene rings is 2. The van der Waals surface area contributed by atoms with Gasteiger partial charge in [0.2, 0.25) is 0 Å². The van der Waals surface area contributed by atoms with E-state index in [0.29, 0.717) is 25.3 Å². The van der Waals surface area contributed by atoms with Crippen LogP contribution in [0, 0.1) is 0 Å². The van der Waals surface area contributed by atoms with Gasteiger partial charge in [-0.25, -0.2) is 4.98 Å². The number of nitrogens with zero attached hydrogens (tertiary/aromatic N) is 2. The Morgan fingerprint density at radius 3 is 2.75 bits per heavy atom. The van der Waals surface area contributed by atoms with Crippen LogP contribution < -0.4 is 10.1 Å². The average Bonchev–Trinajstić information content (AvgIpc) is 3.22. The molecule has 1 N–H and O–H groups in total. The molecule has 3 rings (SSSR count). The minimum Gasteiger partial charge on any atom is -0.491 e. The summed E-state index contributed by atoms with van der Waals surface area (Å²) in [7, 11) is 1.64. The molecule has 6 nitrogen and oxygen atoms in total. The molecular formula is C21H23N3O3S. The molecule has 0 saturated carbocycles. The van der Waals surface area contributed by atoms with E-state index in [1.807, 2.05) is 59.5 Å². The quantitative estimate of drug-likeness (QED) is 0.442. The summed E-state index contributed by atoms with van der Waals surface area (Å²) in [4.78, 5) is 16.9. The molecule has 0 aliphatic carbocycles. The number of nitrogens with one attached hydrogen (secondary N) is 1. The summed E-state index contributed by atoms with van der Waals surface area (Å²) in [6, 6.07) is 15.2. The summed E-state index contributed by atoms with van der Waals surface area (Å²) in [5.41, 5.74) is 2.52. The van der Waals surface area contributed by atoms with E-state index in [1.54, 1.807) is 31.1 Å². The number of ether oxygens (including phenoxy) is 2. The Labute approximate surface area is 168 Å². The third kappa shape index (κ3) is 5.15. The SMILES string of the molecule is COCCOc1ccc(CNC(=O)c2cccc(-n3ccnc3SC)c2)cc1. The first-order chi connectivity index (χ1) is 13.7.